The zero-order chi connectivity index (χ0) is 19.0. The van der Waals surface area contributed by atoms with E-state index in [1.54, 1.807) is 17.0 Å². The van der Waals surface area contributed by atoms with Crippen LogP contribution in [0, 0.1) is 11.8 Å². The maximum Gasteiger partial charge on any atom is 0.234 e. The third kappa shape index (κ3) is 3.16. The van der Waals surface area contributed by atoms with Crippen molar-refractivity contribution in [3.05, 3.63) is 41.4 Å². The van der Waals surface area contributed by atoms with Crippen LogP contribution in [-0.2, 0) is 14.3 Å². The van der Waals surface area contributed by atoms with Crippen molar-refractivity contribution in [2.24, 2.45) is 11.8 Å². The van der Waals surface area contributed by atoms with E-state index >= 15 is 0 Å². The topological polar surface area (TPSA) is 78.9 Å². The van der Waals surface area contributed by atoms with Crippen molar-refractivity contribution in [1.29, 1.82) is 0 Å². The third-order valence-corrected chi connectivity index (χ3v) is 5.93. The van der Waals surface area contributed by atoms with Crippen molar-refractivity contribution in [2.75, 3.05) is 24.6 Å². The number of fused-ring (bicyclic) bond motifs is 1. The van der Waals surface area contributed by atoms with E-state index in [2.05, 4.69) is 5.32 Å². The summed E-state index contributed by atoms with van der Waals surface area (Å²) >= 11 is 5.95. The molecule has 2 saturated heterocycles. The van der Waals surface area contributed by atoms with E-state index in [9.17, 15) is 9.59 Å². The number of ether oxygens (including phenoxy) is 1. The highest BCUT2D eigenvalue weighted by Crippen LogP contribution is 2.52. The first-order chi connectivity index (χ1) is 13.1. The number of carbonyl (C=O) groups excluding carboxylic acids is 2. The highest BCUT2D eigenvalue weighted by atomic mass is 35.5. The number of benzene rings is 1. The van der Waals surface area contributed by atoms with Crippen molar-refractivity contribution >= 4 is 29.1 Å². The molecule has 2 bridgehead atoms. The second-order valence-electron chi connectivity index (χ2n) is 7.38. The molecule has 0 radical (unpaired) electrons. The van der Waals surface area contributed by atoms with E-state index in [0.29, 0.717) is 18.1 Å². The van der Waals surface area contributed by atoms with E-state index in [4.69, 9.17) is 21.4 Å². The van der Waals surface area contributed by atoms with Crippen LogP contribution < -0.4 is 10.2 Å². The summed E-state index contributed by atoms with van der Waals surface area (Å²) in [6, 6.07) is 7.12. The standard InChI is InChI=1S/C20H23ClN2O4/c21-13-4-6-14(7-5-13)23-12-20-9-8-15(27-20)16(17(20)19(23)26)18(25)22-10-2-1-3-11-24/h4-9,15-17,24H,1-3,10-12H2,(H,22,25)/t15-,16+,17-,20+/m1/s1. The van der Waals surface area contributed by atoms with Gasteiger partial charge in [0.15, 0.2) is 0 Å². The summed E-state index contributed by atoms with van der Waals surface area (Å²) < 4.78 is 6.11. The van der Waals surface area contributed by atoms with Crippen LogP contribution in [0.25, 0.3) is 0 Å². The molecular formula is C20H23ClN2O4. The first-order valence-corrected chi connectivity index (χ1v) is 9.76. The van der Waals surface area contributed by atoms with Gasteiger partial charge in [0.05, 0.1) is 24.5 Å². The lowest BCUT2D eigenvalue weighted by Gasteiger charge is -2.23. The summed E-state index contributed by atoms with van der Waals surface area (Å²) in [6.45, 7) is 1.11. The number of nitrogens with zero attached hydrogens (tertiary/aromatic N) is 1. The average molecular weight is 391 g/mol. The maximum absolute atomic E-state index is 13.2. The summed E-state index contributed by atoms with van der Waals surface area (Å²) in [6.07, 6.45) is 5.91. The van der Waals surface area contributed by atoms with Gasteiger partial charge >= 0.3 is 0 Å². The molecule has 3 heterocycles. The molecule has 4 rings (SSSR count). The number of hydrogen-bond donors (Lipinski definition) is 2. The second-order valence-corrected chi connectivity index (χ2v) is 7.81. The monoisotopic (exact) mass is 390 g/mol. The average Bonchev–Trinajstić information content (AvgIpc) is 3.30. The van der Waals surface area contributed by atoms with Crippen LogP contribution in [0.1, 0.15) is 19.3 Å². The minimum absolute atomic E-state index is 0.0791. The number of halogens is 1. The Morgan fingerprint density at radius 3 is 2.81 bits per heavy atom. The molecule has 2 amide bonds. The smallest absolute Gasteiger partial charge is 0.234 e. The van der Waals surface area contributed by atoms with Gasteiger partial charge in [-0.15, -0.1) is 0 Å². The Morgan fingerprint density at radius 2 is 2.07 bits per heavy atom. The molecule has 1 aromatic rings. The number of anilines is 1. The number of carbonyl (C=O) groups is 2. The second kappa shape index (κ2) is 7.26. The molecule has 0 unspecified atom stereocenters. The van der Waals surface area contributed by atoms with Crippen LogP contribution in [0.5, 0.6) is 0 Å². The van der Waals surface area contributed by atoms with E-state index in [1.807, 2.05) is 24.3 Å². The molecule has 27 heavy (non-hydrogen) atoms. The van der Waals surface area contributed by atoms with Gasteiger partial charge in [-0.2, -0.15) is 0 Å². The van der Waals surface area contributed by atoms with Crippen LogP contribution in [-0.4, -0.2) is 48.3 Å². The lowest BCUT2D eigenvalue weighted by atomic mass is 9.77. The van der Waals surface area contributed by atoms with Crippen molar-refractivity contribution in [2.45, 2.75) is 31.0 Å². The number of amides is 2. The molecule has 2 N–H and O–H groups in total. The fourth-order valence-corrected chi connectivity index (χ4v) is 4.51. The predicted molar refractivity (Wildman–Crippen MR) is 101 cm³/mol. The number of nitrogens with one attached hydrogen (secondary N) is 1. The van der Waals surface area contributed by atoms with E-state index in [-0.39, 0.29) is 24.5 Å². The fourth-order valence-electron chi connectivity index (χ4n) is 4.38. The Morgan fingerprint density at radius 1 is 1.30 bits per heavy atom. The molecule has 0 saturated carbocycles. The first kappa shape index (κ1) is 18.5. The molecule has 7 heteroatoms. The van der Waals surface area contributed by atoms with Crippen molar-refractivity contribution in [3.8, 4) is 0 Å². The highest BCUT2D eigenvalue weighted by molar-refractivity contribution is 6.30. The summed E-state index contributed by atoms with van der Waals surface area (Å²) in [5.41, 5.74) is 0.0390. The summed E-state index contributed by atoms with van der Waals surface area (Å²) in [5.74, 6) is -1.21. The SMILES string of the molecule is O=C(NCCCCCO)[C@H]1[C@H]2C=C[C@@]3(CN(c4ccc(Cl)cc4)C(=O)[C@@H]13)O2. The highest BCUT2D eigenvalue weighted by Gasteiger charge is 2.66. The number of hydrogen-bond acceptors (Lipinski definition) is 4. The number of unbranched alkanes of at least 4 members (excludes halogenated alkanes) is 2. The Labute approximate surface area is 163 Å². The van der Waals surface area contributed by atoms with E-state index < -0.39 is 17.4 Å². The van der Waals surface area contributed by atoms with E-state index in [0.717, 1.165) is 24.9 Å². The van der Waals surface area contributed by atoms with Gasteiger partial charge in [-0.05, 0) is 43.5 Å². The lowest BCUT2D eigenvalue weighted by molar-refractivity contribution is -0.131. The van der Waals surface area contributed by atoms with Gasteiger partial charge in [0, 0.05) is 23.9 Å². The molecule has 1 aromatic carbocycles. The Hall–Kier alpha value is -1.89. The molecule has 3 aliphatic rings. The molecule has 1 spiro atoms. The summed E-state index contributed by atoms with van der Waals surface area (Å²) in [5, 5.41) is 12.4. The minimum atomic E-state index is -0.722. The lowest BCUT2D eigenvalue weighted by Crippen LogP contribution is -2.44. The van der Waals surface area contributed by atoms with Crippen molar-refractivity contribution in [1.82, 2.24) is 5.32 Å². The van der Waals surface area contributed by atoms with Crippen LogP contribution in [0.15, 0.2) is 36.4 Å². The molecule has 144 valence electrons. The van der Waals surface area contributed by atoms with Gasteiger partial charge in [-0.1, -0.05) is 23.8 Å². The van der Waals surface area contributed by atoms with Crippen molar-refractivity contribution < 1.29 is 19.4 Å². The van der Waals surface area contributed by atoms with Crippen LogP contribution in [0.3, 0.4) is 0 Å². The van der Waals surface area contributed by atoms with E-state index in [1.165, 1.54) is 0 Å². The molecule has 0 aliphatic carbocycles. The van der Waals surface area contributed by atoms with Crippen LogP contribution in [0.4, 0.5) is 5.69 Å². The Balaban J connectivity index is 1.48. The molecule has 2 fully saturated rings. The van der Waals surface area contributed by atoms with Gasteiger partial charge in [-0.3, -0.25) is 9.59 Å². The normalized spacial score (nSPS) is 30.8. The zero-order valence-corrected chi connectivity index (χ0v) is 15.7. The van der Waals surface area contributed by atoms with Crippen molar-refractivity contribution in [3.63, 3.8) is 0 Å². The van der Waals surface area contributed by atoms with Crippen LogP contribution in [0.2, 0.25) is 5.02 Å². The van der Waals surface area contributed by atoms with Gasteiger partial charge in [0.25, 0.3) is 0 Å². The number of rotatable bonds is 7. The largest absolute Gasteiger partial charge is 0.396 e. The first-order valence-electron chi connectivity index (χ1n) is 9.38. The maximum atomic E-state index is 13.2. The third-order valence-electron chi connectivity index (χ3n) is 5.68. The number of aliphatic hydroxyl groups excluding tert-OH is 1. The predicted octanol–water partition coefficient (Wildman–Crippen LogP) is 1.91. The fraction of sp³-hybridized carbons (Fsp3) is 0.500. The van der Waals surface area contributed by atoms with Gasteiger partial charge in [-0.25, -0.2) is 0 Å². The van der Waals surface area contributed by atoms with Gasteiger partial charge in [0.2, 0.25) is 11.8 Å². The van der Waals surface area contributed by atoms with Crippen LogP contribution >= 0.6 is 11.6 Å². The number of aliphatic hydroxyl groups is 1. The quantitative estimate of drug-likeness (QED) is 0.550. The molecule has 3 aliphatic heterocycles. The summed E-state index contributed by atoms with van der Waals surface area (Å²) in [7, 11) is 0. The summed E-state index contributed by atoms with van der Waals surface area (Å²) in [4.78, 5) is 27.6. The minimum Gasteiger partial charge on any atom is -0.396 e. The van der Waals surface area contributed by atoms with Gasteiger partial charge in [0.1, 0.15) is 5.60 Å². The molecule has 0 aromatic heterocycles. The molecule has 6 nitrogen and oxygen atoms in total. The Kier molecular flexibility index (Phi) is 4.97. The van der Waals surface area contributed by atoms with Gasteiger partial charge < -0.3 is 20.1 Å². The molecule has 4 atom stereocenters. The Bertz CT molecular complexity index is 766. The molecular weight excluding hydrogens is 368 g/mol. The zero-order valence-electron chi connectivity index (χ0n) is 14.9.